The minimum absolute atomic E-state index is 0.0662. The van der Waals surface area contributed by atoms with Gasteiger partial charge in [-0.1, -0.05) is 18.2 Å². The lowest BCUT2D eigenvalue weighted by Gasteiger charge is -2.06. The molecule has 3 rings (SSSR count). The Hall–Kier alpha value is -3.54. The van der Waals surface area contributed by atoms with Gasteiger partial charge in [-0.15, -0.1) is 0 Å². The van der Waals surface area contributed by atoms with Gasteiger partial charge >= 0.3 is 0 Å². The van der Waals surface area contributed by atoms with Gasteiger partial charge in [0.05, 0.1) is 22.6 Å². The molecule has 1 heterocycles. The molecule has 1 aromatic heterocycles. The summed E-state index contributed by atoms with van der Waals surface area (Å²) in [5, 5.41) is 6.97. The first-order valence-electron chi connectivity index (χ1n) is 8.47. The number of ketones is 2. The molecule has 136 valence electrons. The summed E-state index contributed by atoms with van der Waals surface area (Å²) in [4.78, 5) is 36.4. The van der Waals surface area contributed by atoms with E-state index < -0.39 is 11.7 Å². The maximum absolute atomic E-state index is 12.7. The second kappa shape index (κ2) is 7.37. The predicted molar refractivity (Wildman–Crippen MR) is 102 cm³/mol. The number of aryl methyl sites for hydroxylation is 1. The number of carbonyl (C=O) groups excluding carboxylic acids is 3. The van der Waals surface area contributed by atoms with Crippen LogP contribution in [-0.2, 0) is 4.79 Å². The van der Waals surface area contributed by atoms with E-state index in [1.807, 2.05) is 30.3 Å². The third kappa shape index (κ3) is 3.69. The maximum Gasteiger partial charge on any atom is 0.296 e. The minimum atomic E-state index is -0.746. The largest absolute Gasteiger partial charge is 0.319 e. The van der Waals surface area contributed by atoms with Crippen molar-refractivity contribution in [3.8, 4) is 5.69 Å². The summed E-state index contributed by atoms with van der Waals surface area (Å²) in [6.45, 7) is 4.93. The average Bonchev–Trinajstić information content (AvgIpc) is 2.96. The number of nitrogens with one attached hydrogen (secondary N) is 1. The maximum atomic E-state index is 12.7. The molecule has 1 amide bonds. The number of benzene rings is 2. The molecule has 0 fully saturated rings. The van der Waals surface area contributed by atoms with Crippen LogP contribution >= 0.6 is 0 Å². The lowest BCUT2D eigenvalue weighted by Crippen LogP contribution is -2.24. The molecule has 0 radical (unpaired) electrons. The SMILES string of the molecule is CC(=O)c1ccc(NC(=O)C(=O)c2c(C)nn(-c3ccccc3)c2C)cc1. The third-order valence-corrected chi connectivity index (χ3v) is 4.27. The molecular weight excluding hydrogens is 342 g/mol. The van der Waals surface area contributed by atoms with Crippen LogP contribution in [0.2, 0.25) is 0 Å². The van der Waals surface area contributed by atoms with Crippen molar-refractivity contribution in [1.82, 2.24) is 9.78 Å². The summed E-state index contributed by atoms with van der Waals surface area (Å²) in [7, 11) is 0. The van der Waals surface area contributed by atoms with Crippen LogP contribution in [0.5, 0.6) is 0 Å². The van der Waals surface area contributed by atoms with E-state index in [4.69, 9.17) is 0 Å². The van der Waals surface area contributed by atoms with Crippen LogP contribution in [0.15, 0.2) is 54.6 Å². The summed E-state index contributed by atoms with van der Waals surface area (Å²) in [5.41, 5.74) is 3.18. The molecule has 27 heavy (non-hydrogen) atoms. The van der Waals surface area contributed by atoms with Crippen LogP contribution in [0.4, 0.5) is 5.69 Å². The number of hydrogen-bond acceptors (Lipinski definition) is 4. The van der Waals surface area contributed by atoms with Crippen LogP contribution in [0, 0.1) is 13.8 Å². The van der Waals surface area contributed by atoms with Crippen LogP contribution in [0.3, 0.4) is 0 Å². The number of Topliss-reactive ketones (excluding diaryl/α,β-unsaturated/α-hetero) is 2. The Morgan fingerprint density at radius 2 is 1.56 bits per heavy atom. The molecule has 6 nitrogen and oxygen atoms in total. The van der Waals surface area contributed by atoms with E-state index in [-0.39, 0.29) is 11.3 Å². The quantitative estimate of drug-likeness (QED) is 0.557. The zero-order valence-corrected chi connectivity index (χ0v) is 15.3. The van der Waals surface area contributed by atoms with Crippen molar-refractivity contribution in [2.24, 2.45) is 0 Å². The Morgan fingerprint density at radius 3 is 2.15 bits per heavy atom. The Labute approximate surface area is 156 Å². The lowest BCUT2D eigenvalue weighted by molar-refractivity contribution is -0.112. The van der Waals surface area contributed by atoms with Crippen molar-refractivity contribution in [3.63, 3.8) is 0 Å². The standard InChI is InChI=1S/C21H19N3O3/c1-13-19(14(2)24(23-13)18-7-5-4-6-8-18)20(26)21(27)22-17-11-9-16(10-12-17)15(3)25/h4-12H,1-3H3,(H,22,27). The van der Waals surface area contributed by atoms with Gasteiger partial charge < -0.3 is 5.32 Å². The Balaban J connectivity index is 1.84. The highest BCUT2D eigenvalue weighted by atomic mass is 16.2. The van der Waals surface area contributed by atoms with Crippen LogP contribution < -0.4 is 5.32 Å². The van der Waals surface area contributed by atoms with Crippen LogP contribution in [0.25, 0.3) is 5.69 Å². The molecule has 2 aromatic carbocycles. The Kier molecular flexibility index (Phi) is 4.98. The zero-order valence-electron chi connectivity index (χ0n) is 15.3. The van der Waals surface area contributed by atoms with Crippen LogP contribution in [0.1, 0.15) is 39.0 Å². The molecule has 0 bridgehead atoms. The predicted octanol–water partition coefficient (Wildman–Crippen LogP) is 3.51. The molecule has 0 spiro atoms. The Bertz CT molecular complexity index is 1020. The molecule has 1 N–H and O–H groups in total. The fraction of sp³-hybridized carbons (Fsp3) is 0.143. The topological polar surface area (TPSA) is 81.1 Å². The normalized spacial score (nSPS) is 10.5. The van der Waals surface area contributed by atoms with E-state index in [2.05, 4.69) is 10.4 Å². The lowest BCUT2D eigenvalue weighted by atomic mass is 10.1. The molecule has 0 saturated heterocycles. The third-order valence-electron chi connectivity index (χ3n) is 4.27. The van der Waals surface area contributed by atoms with E-state index >= 15 is 0 Å². The number of hydrogen-bond donors (Lipinski definition) is 1. The molecule has 3 aromatic rings. The number of carbonyl (C=O) groups is 3. The molecule has 0 aliphatic carbocycles. The van der Waals surface area contributed by atoms with Crippen molar-refractivity contribution >= 4 is 23.2 Å². The van der Waals surface area contributed by atoms with E-state index in [1.54, 1.807) is 42.8 Å². The van der Waals surface area contributed by atoms with Gasteiger partial charge in [0.25, 0.3) is 11.7 Å². The number of para-hydroxylation sites is 1. The van der Waals surface area contributed by atoms with Gasteiger partial charge in [-0.05, 0) is 57.2 Å². The number of aromatic nitrogens is 2. The molecular formula is C21H19N3O3. The number of rotatable bonds is 5. The minimum Gasteiger partial charge on any atom is -0.319 e. The van der Waals surface area contributed by atoms with Gasteiger partial charge in [0.1, 0.15) is 0 Å². The highest BCUT2D eigenvalue weighted by Crippen LogP contribution is 2.19. The van der Waals surface area contributed by atoms with E-state index in [0.29, 0.717) is 22.6 Å². The van der Waals surface area contributed by atoms with Gasteiger partial charge in [-0.3, -0.25) is 14.4 Å². The summed E-state index contributed by atoms with van der Waals surface area (Å²) in [6.07, 6.45) is 0. The molecule has 0 saturated carbocycles. The van der Waals surface area contributed by atoms with Crippen molar-refractivity contribution in [2.45, 2.75) is 20.8 Å². The second-order valence-electron chi connectivity index (χ2n) is 6.21. The molecule has 6 heteroatoms. The summed E-state index contributed by atoms with van der Waals surface area (Å²) in [6, 6.07) is 15.8. The number of nitrogens with zero attached hydrogens (tertiary/aromatic N) is 2. The zero-order chi connectivity index (χ0) is 19.6. The summed E-state index contributed by atoms with van der Waals surface area (Å²) >= 11 is 0. The number of amides is 1. The highest BCUT2D eigenvalue weighted by Gasteiger charge is 2.25. The summed E-state index contributed by atoms with van der Waals surface area (Å²) in [5.74, 6) is -1.46. The fourth-order valence-electron chi connectivity index (χ4n) is 2.88. The van der Waals surface area contributed by atoms with E-state index in [1.165, 1.54) is 6.92 Å². The molecule has 0 atom stereocenters. The first-order valence-corrected chi connectivity index (χ1v) is 8.47. The highest BCUT2D eigenvalue weighted by molar-refractivity contribution is 6.47. The fourth-order valence-corrected chi connectivity index (χ4v) is 2.88. The molecule has 0 aliphatic heterocycles. The summed E-state index contributed by atoms with van der Waals surface area (Å²) < 4.78 is 1.65. The first-order chi connectivity index (χ1) is 12.9. The molecule has 0 aliphatic rings. The van der Waals surface area contributed by atoms with Crippen molar-refractivity contribution in [3.05, 3.63) is 77.1 Å². The number of anilines is 1. The second-order valence-corrected chi connectivity index (χ2v) is 6.21. The first kappa shape index (κ1) is 18.3. The van der Waals surface area contributed by atoms with Crippen molar-refractivity contribution in [1.29, 1.82) is 0 Å². The Morgan fingerprint density at radius 1 is 0.926 bits per heavy atom. The van der Waals surface area contributed by atoms with Crippen molar-refractivity contribution in [2.75, 3.05) is 5.32 Å². The monoisotopic (exact) mass is 361 g/mol. The van der Waals surface area contributed by atoms with E-state index in [0.717, 1.165) is 5.69 Å². The van der Waals surface area contributed by atoms with Crippen molar-refractivity contribution < 1.29 is 14.4 Å². The van der Waals surface area contributed by atoms with Gasteiger partial charge in [0.15, 0.2) is 5.78 Å². The van der Waals surface area contributed by atoms with Crippen LogP contribution in [-0.4, -0.2) is 27.3 Å². The average molecular weight is 361 g/mol. The van der Waals surface area contributed by atoms with Gasteiger partial charge in [-0.25, -0.2) is 4.68 Å². The van der Waals surface area contributed by atoms with Gasteiger partial charge in [-0.2, -0.15) is 5.10 Å². The van der Waals surface area contributed by atoms with Gasteiger partial charge in [0.2, 0.25) is 0 Å². The molecule has 0 unspecified atom stereocenters. The van der Waals surface area contributed by atoms with E-state index in [9.17, 15) is 14.4 Å². The van der Waals surface area contributed by atoms with Gasteiger partial charge in [0, 0.05) is 11.3 Å². The smallest absolute Gasteiger partial charge is 0.296 e.